The lowest BCUT2D eigenvalue weighted by Gasteiger charge is -2.62. The van der Waals surface area contributed by atoms with Gasteiger partial charge in [0.15, 0.2) is 0 Å². The van der Waals surface area contributed by atoms with Crippen molar-refractivity contribution in [3.63, 3.8) is 0 Å². The van der Waals surface area contributed by atoms with E-state index in [0.29, 0.717) is 5.41 Å². The fourth-order valence-electron chi connectivity index (χ4n) is 17.3. The van der Waals surface area contributed by atoms with Gasteiger partial charge in [0, 0.05) is 23.0 Å². The van der Waals surface area contributed by atoms with Crippen LogP contribution in [0.2, 0.25) is 0 Å². The third-order valence-corrected chi connectivity index (χ3v) is 20.9. The lowest BCUT2D eigenvalue weighted by molar-refractivity contribution is -0.143. The Morgan fingerprint density at radius 1 is 0.522 bits per heavy atom. The van der Waals surface area contributed by atoms with E-state index in [9.17, 15) is 0 Å². The second-order valence-corrected chi connectivity index (χ2v) is 27.9. The molecule has 2 heteroatoms. The number of fused-ring (bicyclic) bond motifs is 2. The molecule has 20 atom stereocenters. The van der Waals surface area contributed by atoms with E-state index in [0.717, 1.165) is 130 Å². The molecule has 3 saturated carbocycles. The molecule has 7 unspecified atom stereocenters. The summed E-state index contributed by atoms with van der Waals surface area (Å²) < 4.78 is 0. The summed E-state index contributed by atoms with van der Waals surface area (Å²) in [5.74, 6) is 16.2. The first-order chi connectivity index (χ1) is 30.9. The molecule has 0 aliphatic heterocycles. The molecule has 0 bridgehead atoms. The number of pyridine rings is 1. The zero-order valence-electron chi connectivity index (χ0n) is 48.3. The molecule has 1 heterocycles. The third-order valence-electron chi connectivity index (χ3n) is 20.9. The van der Waals surface area contributed by atoms with Crippen molar-refractivity contribution >= 4 is 10.9 Å². The first kappa shape index (κ1) is 55.7. The molecule has 67 heavy (non-hydrogen) atoms. The van der Waals surface area contributed by atoms with Crippen LogP contribution >= 0.6 is 0 Å². The highest BCUT2D eigenvalue weighted by atomic mass is 14.8. The van der Waals surface area contributed by atoms with Gasteiger partial charge < -0.3 is 5.73 Å². The minimum absolute atomic E-state index is 0.0820. The molecule has 2 N–H and O–H groups in total. The summed E-state index contributed by atoms with van der Waals surface area (Å²) in [6.07, 6.45) is 2.32. The van der Waals surface area contributed by atoms with Gasteiger partial charge in [-0.05, 0) is 164 Å². The van der Waals surface area contributed by atoms with Gasteiger partial charge in [0.05, 0.1) is 5.52 Å². The minimum Gasteiger partial charge on any atom is -0.323 e. The van der Waals surface area contributed by atoms with E-state index in [1.807, 2.05) is 6.07 Å². The van der Waals surface area contributed by atoms with Gasteiger partial charge in [-0.1, -0.05) is 215 Å². The van der Waals surface area contributed by atoms with Crippen LogP contribution in [0.5, 0.6) is 0 Å². The molecule has 3 aromatic rings. The van der Waals surface area contributed by atoms with Crippen LogP contribution in [0.25, 0.3) is 10.9 Å². The predicted octanol–water partition coefficient (Wildman–Crippen LogP) is 18.5. The Balaban J connectivity index is 0.000000260. The molecule has 3 aliphatic carbocycles. The summed E-state index contributed by atoms with van der Waals surface area (Å²) in [5, 5.41) is 1.17. The second kappa shape index (κ2) is 21.3. The van der Waals surface area contributed by atoms with Crippen molar-refractivity contribution in [2.24, 2.45) is 124 Å². The minimum atomic E-state index is -0.0861. The van der Waals surface area contributed by atoms with Crippen molar-refractivity contribution in [2.75, 3.05) is 0 Å². The number of aromatic nitrogens is 1. The molecule has 2 nitrogen and oxygen atoms in total. The summed E-state index contributed by atoms with van der Waals surface area (Å²) in [6, 6.07) is 19.5. The standard InChI is InChI=1S/C38H72.C27H36N2/c1-18-31(26(10)33-27(11)32(19(2)3)29(13)37(30(33)14)38(15,16)17)34-24(8)25(9)35-22(6)20(4)21(5)23(7)36(35)28(34)12;1-8-22(24-14-13-18-11-9-10-12-23(18)29-24)25(28)19-15-20(26(2,3)4)17-21(16-19)27(5,6)7/h19-37H,18H2,1-17H3;9-17,22,25H,8,28H2,1-7H3/t20-,21?,22-,23-,24+,25+,26?,27-,28+,29-,30-,31?,32-,33+,34+,35?,36?,37-;/m0./s1. The lowest BCUT2D eigenvalue weighted by atomic mass is 9.43. The van der Waals surface area contributed by atoms with Gasteiger partial charge in [-0.3, -0.25) is 4.98 Å². The summed E-state index contributed by atoms with van der Waals surface area (Å²) in [6.45, 7) is 60.2. The van der Waals surface area contributed by atoms with Crippen LogP contribution in [0.15, 0.2) is 54.6 Å². The van der Waals surface area contributed by atoms with Gasteiger partial charge >= 0.3 is 0 Å². The quantitative estimate of drug-likeness (QED) is 0.232. The predicted molar refractivity (Wildman–Crippen MR) is 295 cm³/mol. The molecular formula is C65H108N2. The van der Waals surface area contributed by atoms with Gasteiger partial charge in [0.2, 0.25) is 0 Å². The Morgan fingerprint density at radius 3 is 1.49 bits per heavy atom. The summed E-state index contributed by atoms with van der Waals surface area (Å²) in [5.41, 5.74) is 13.5. The first-order valence-electron chi connectivity index (χ1n) is 28.2. The highest BCUT2D eigenvalue weighted by molar-refractivity contribution is 5.78. The summed E-state index contributed by atoms with van der Waals surface area (Å²) >= 11 is 0. The zero-order chi connectivity index (χ0) is 50.6. The number of hydrogen-bond acceptors (Lipinski definition) is 2. The van der Waals surface area contributed by atoms with Crippen molar-refractivity contribution in [3.8, 4) is 0 Å². The fourth-order valence-corrected chi connectivity index (χ4v) is 17.3. The van der Waals surface area contributed by atoms with Crippen LogP contribution in [-0.2, 0) is 10.8 Å². The summed E-state index contributed by atoms with van der Waals surface area (Å²) in [7, 11) is 0. The Hall–Kier alpha value is -2.19. The number of hydrogen-bond donors (Lipinski definition) is 1. The average Bonchev–Trinajstić information content (AvgIpc) is 3.23. The van der Waals surface area contributed by atoms with Gasteiger partial charge in [-0.2, -0.15) is 0 Å². The van der Waals surface area contributed by atoms with Crippen molar-refractivity contribution in [3.05, 3.63) is 77.0 Å². The summed E-state index contributed by atoms with van der Waals surface area (Å²) in [4.78, 5) is 4.96. The molecule has 378 valence electrons. The van der Waals surface area contributed by atoms with E-state index in [-0.39, 0.29) is 22.8 Å². The van der Waals surface area contributed by atoms with Crippen molar-refractivity contribution in [2.45, 2.75) is 202 Å². The van der Waals surface area contributed by atoms with E-state index in [4.69, 9.17) is 10.7 Å². The molecule has 6 rings (SSSR count). The molecule has 0 amide bonds. The highest BCUT2D eigenvalue weighted by Gasteiger charge is 2.57. The zero-order valence-corrected chi connectivity index (χ0v) is 48.3. The van der Waals surface area contributed by atoms with Gasteiger partial charge in [0.25, 0.3) is 0 Å². The smallest absolute Gasteiger partial charge is 0.0705 e. The second-order valence-electron chi connectivity index (χ2n) is 27.9. The SMILES string of the molecule is CCC(C(C)[C@@H]1[C@@H](C)[C@H](C(C)C)[C@H](C)[C@H](C(C)(C)C)[C@H]1C)[C@@H]1[C@H](C)[C@@H](C)C2C([C@@H](C)C(C)[C@H](C)[C@@H]2C)[C@@H]1C.CCC(c1ccc2ccccc2n1)C(N)c1cc(C(C)(C)C)cc(C(C)(C)C)c1. The van der Waals surface area contributed by atoms with E-state index in [2.05, 4.69) is 215 Å². The van der Waals surface area contributed by atoms with E-state index in [1.54, 1.807) is 0 Å². The van der Waals surface area contributed by atoms with Crippen molar-refractivity contribution in [1.29, 1.82) is 0 Å². The monoisotopic (exact) mass is 917 g/mol. The molecule has 3 fully saturated rings. The number of rotatable bonds is 9. The molecule has 1 aromatic heterocycles. The average molecular weight is 918 g/mol. The highest BCUT2D eigenvalue weighted by Crippen LogP contribution is 2.63. The molecule has 0 spiro atoms. The van der Waals surface area contributed by atoms with Crippen LogP contribution in [0, 0.1) is 118 Å². The van der Waals surface area contributed by atoms with Gasteiger partial charge in [-0.15, -0.1) is 0 Å². The van der Waals surface area contributed by atoms with Crippen LogP contribution in [0.4, 0.5) is 0 Å². The van der Waals surface area contributed by atoms with Gasteiger partial charge in [-0.25, -0.2) is 0 Å². The largest absolute Gasteiger partial charge is 0.323 e. The Labute approximate surface area is 416 Å². The maximum atomic E-state index is 6.91. The number of nitrogens with zero attached hydrogens (tertiary/aromatic N) is 1. The number of benzene rings is 2. The fraction of sp³-hybridized carbons (Fsp3) is 0.769. The van der Waals surface area contributed by atoms with Crippen LogP contribution in [0.1, 0.15) is 213 Å². The van der Waals surface area contributed by atoms with Crippen LogP contribution < -0.4 is 5.73 Å². The topological polar surface area (TPSA) is 38.9 Å². The maximum absolute atomic E-state index is 6.91. The first-order valence-corrected chi connectivity index (χ1v) is 28.2. The molecular weight excluding hydrogens is 809 g/mol. The van der Waals surface area contributed by atoms with E-state index in [1.165, 1.54) is 28.5 Å². The molecule has 3 aliphatic rings. The Kier molecular flexibility index (Phi) is 17.7. The van der Waals surface area contributed by atoms with E-state index < -0.39 is 0 Å². The number of nitrogens with two attached hydrogens (primary N) is 1. The Bertz CT molecular complexity index is 2010. The van der Waals surface area contributed by atoms with Crippen molar-refractivity contribution in [1.82, 2.24) is 4.98 Å². The Morgan fingerprint density at radius 2 is 1.01 bits per heavy atom. The third kappa shape index (κ3) is 11.2. The molecule has 0 saturated heterocycles. The maximum Gasteiger partial charge on any atom is 0.0705 e. The lowest BCUT2D eigenvalue weighted by Crippen LogP contribution is -2.57. The normalized spacial score (nSPS) is 35.9. The number of para-hydroxylation sites is 1. The van der Waals surface area contributed by atoms with E-state index >= 15 is 0 Å². The van der Waals surface area contributed by atoms with Crippen LogP contribution in [0.3, 0.4) is 0 Å². The van der Waals surface area contributed by atoms with Gasteiger partial charge in [0.1, 0.15) is 0 Å². The van der Waals surface area contributed by atoms with Crippen LogP contribution in [-0.4, -0.2) is 4.98 Å². The van der Waals surface area contributed by atoms with Crippen molar-refractivity contribution < 1.29 is 0 Å². The molecule has 2 aromatic carbocycles. The molecule has 0 radical (unpaired) electrons.